The largest absolute Gasteiger partial charge is 0.310 e. The van der Waals surface area contributed by atoms with Gasteiger partial charge in [0, 0.05) is 16.5 Å². The first kappa shape index (κ1) is 17.1. The average Bonchev–Trinajstić information content (AvgIpc) is 3.01. The molecule has 1 N–H and O–H groups in total. The van der Waals surface area contributed by atoms with Crippen LogP contribution in [0.5, 0.6) is 0 Å². The highest BCUT2D eigenvalue weighted by atomic mass is 35.5. The van der Waals surface area contributed by atoms with E-state index in [1.807, 2.05) is 18.2 Å². The number of nitrogens with one attached hydrogen (secondary N) is 1. The lowest BCUT2D eigenvalue weighted by Gasteiger charge is -2.07. The van der Waals surface area contributed by atoms with E-state index in [9.17, 15) is 4.79 Å². The summed E-state index contributed by atoms with van der Waals surface area (Å²) in [6, 6.07) is 12.4. The van der Waals surface area contributed by atoms with Crippen molar-refractivity contribution < 1.29 is 0 Å². The molecule has 4 rings (SSSR count). The number of nitrogens with zero attached hydrogens (tertiary/aromatic N) is 3. The molecule has 2 heterocycles. The molecule has 0 atom stereocenters. The molecule has 0 aliphatic rings. The summed E-state index contributed by atoms with van der Waals surface area (Å²) in [5.74, 6) is 0.504. The van der Waals surface area contributed by atoms with Gasteiger partial charge in [0.05, 0.1) is 16.9 Å². The number of H-pyrrole nitrogens is 1. The second kappa shape index (κ2) is 6.76. The van der Waals surface area contributed by atoms with Crippen molar-refractivity contribution in [3.63, 3.8) is 0 Å². The summed E-state index contributed by atoms with van der Waals surface area (Å²) in [4.78, 5) is 19.8. The zero-order valence-electron chi connectivity index (χ0n) is 13.2. The smallest absolute Gasteiger partial charge is 0.262 e. The minimum absolute atomic E-state index is 0.267. The van der Waals surface area contributed by atoms with Gasteiger partial charge < -0.3 is 4.98 Å². The quantitative estimate of drug-likeness (QED) is 0.539. The molecule has 4 aromatic rings. The maximum atomic E-state index is 12.4. The van der Waals surface area contributed by atoms with Crippen LogP contribution in [0.4, 0.5) is 0 Å². The van der Waals surface area contributed by atoms with Gasteiger partial charge in [-0.1, -0.05) is 46.9 Å². The van der Waals surface area contributed by atoms with Crippen LogP contribution in [0.15, 0.2) is 53.5 Å². The van der Waals surface area contributed by atoms with Crippen LogP contribution in [0.3, 0.4) is 0 Å². The molecule has 130 valence electrons. The van der Waals surface area contributed by atoms with Crippen molar-refractivity contribution in [2.75, 3.05) is 0 Å². The molecule has 26 heavy (non-hydrogen) atoms. The molecule has 0 saturated heterocycles. The Morgan fingerprint density at radius 3 is 2.65 bits per heavy atom. The predicted molar refractivity (Wildman–Crippen MR) is 104 cm³/mol. The van der Waals surface area contributed by atoms with Crippen LogP contribution in [0.2, 0.25) is 15.1 Å². The lowest BCUT2D eigenvalue weighted by molar-refractivity contribution is 0.879. The molecule has 2 aromatic carbocycles. The number of halogens is 3. The van der Waals surface area contributed by atoms with Crippen LogP contribution in [-0.2, 0) is 6.42 Å². The van der Waals surface area contributed by atoms with Gasteiger partial charge in [-0.3, -0.25) is 4.79 Å². The highest BCUT2D eigenvalue weighted by molar-refractivity contribution is 6.34. The lowest BCUT2D eigenvalue weighted by atomic mass is 10.1. The first-order valence-electron chi connectivity index (χ1n) is 7.68. The molecule has 0 fully saturated rings. The highest BCUT2D eigenvalue weighted by Gasteiger charge is 2.14. The molecule has 0 unspecified atom stereocenters. The fraction of sp³-hybridized carbons (Fsp3) is 0.0556. The van der Waals surface area contributed by atoms with Gasteiger partial charge in [0.2, 0.25) is 0 Å². The number of benzene rings is 2. The van der Waals surface area contributed by atoms with Gasteiger partial charge in [-0.2, -0.15) is 5.10 Å². The van der Waals surface area contributed by atoms with Gasteiger partial charge in [-0.25, -0.2) is 9.67 Å². The van der Waals surface area contributed by atoms with E-state index in [4.69, 9.17) is 34.8 Å². The van der Waals surface area contributed by atoms with Gasteiger partial charge in [0.25, 0.3) is 5.56 Å². The van der Waals surface area contributed by atoms with Gasteiger partial charge >= 0.3 is 0 Å². The highest BCUT2D eigenvalue weighted by Crippen LogP contribution is 2.26. The summed E-state index contributed by atoms with van der Waals surface area (Å²) in [7, 11) is 0. The third-order valence-corrected chi connectivity index (χ3v) is 4.67. The summed E-state index contributed by atoms with van der Waals surface area (Å²) in [5.41, 5.74) is 1.64. The molecule has 0 aliphatic carbocycles. The standard InChI is InChI=1S/C18H11Cl3N4O/c19-11-3-1-2-10(6-11)7-16-23-17-13(18(26)24-16)9-22-25(17)15-8-12(20)4-5-14(15)21/h1-6,8-9H,7H2,(H,23,24,26). The Balaban J connectivity index is 1.85. The monoisotopic (exact) mass is 404 g/mol. The minimum atomic E-state index is -0.267. The Morgan fingerprint density at radius 1 is 1.04 bits per heavy atom. The first-order chi connectivity index (χ1) is 12.5. The second-order valence-corrected chi connectivity index (χ2v) is 6.99. The van der Waals surface area contributed by atoms with Gasteiger partial charge in [0.15, 0.2) is 5.65 Å². The van der Waals surface area contributed by atoms with E-state index in [2.05, 4.69) is 15.1 Å². The Labute approximate surface area is 163 Å². The second-order valence-electron chi connectivity index (χ2n) is 5.71. The number of aromatic nitrogens is 4. The van der Waals surface area contributed by atoms with E-state index in [-0.39, 0.29) is 5.56 Å². The molecule has 0 amide bonds. The number of aromatic amines is 1. The van der Waals surface area contributed by atoms with E-state index >= 15 is 0 Å². The van der Waals surface area contributed by atoms with Crippen molar-refractivity contribution in [3.05, 3.63) is 85.5 Å². The molecular weight excluding hydrogens is 395 g/mol. The van der Waals surface area contributed by atoms with Crippen molar-refractivity contribution in [3.8, 4) is 5.69 Å². The van der Waals surface area contributed by atoms with Crippen LogP contribution >= 0.6 is 34.8 Å². The van der Waals surface area contributed by atoms with Crippen LogP contribution in [-0.4, -0.2) is 19.7 Å². The lowest BCUT2D eigenvalue weighted by Crippen LogP contribution is -2.13. The van der Waals surface area contributed by atoms with Crippen molar-refractivity contribution in [2.24, 2.45) is 0 Å². The van der Waals surface area contributed by atoms with E-state index in [1.165, 1.54) is 10.9 Å². The molecule has 8 heteroatoms. The summed E-state index contributed by atoms with van der Waals surface area (Å²) in [6.07, 6.45) is 1.89. The summed E-state index contributed by atoms with van der Waals surface area (Å²) < 4.78 is 1.51. The number of fused-ring (bicyclic) bond motifs is 1. The van der Waals surface area contributed by atoms with Crippen molar-refractivity contribution >= 4 is 45.8 Å². The van der Waals surface area contributed by atoms with Crippen LogP contribution in [0.25, 0.3) is 16.7 Å². The van der Waals surface area contributed by atoms with Crippen molar-refractivity contribution in [2.45, 2.75) is 6.42 Å². The molecule has 2 aromatic heterocycles. The number of hydrogen-bond donors (Lipinski definition) is 1. The maximum Gasteiger partial charge on any atom is 0.262 e. The van der Waals surface area contributed by atoms with Crippen LogP contribution in [0, 0.1) is 0 Å². The van der Waals surface area contributed by atoms with E-state index in [0.717, 1.165) is 5.56 Å². The van der Waals surface area contributed by atoms with Gasteiger partial charge in [-0.15, -0.1) is 0 Å². The van der Waals surface area contributed by atoms with Crippen LogP contribution in [0.1, 0.15) is 11.4 Å². The SMILES string of the molecule is O=c1[nH]c(Cc2cccc(Cl)c2)nc2c1cnn2-c1cc(Cl)ccc1Cl. The van der Waals surface area contributed by atoms with Crippen LogP contribution < -0.4 is 5.56 Å². The summed E-state index contributed by atoms with van der Waals surface area (Å²) in [5, 5.41) is 6.23. The zero-order chi connectivity index (χ0) is 18.3. The Bertz CT molecular complexity index is 1180. The van der Waals surface area contributed by atoms with Crippen molar-refractivity contribution in [1.82, 2.24) is 19.7 Å². The Morgan fingerprint density at radius 2 is 1.85 bits per heavy atom. The van der Waals surface area contributed by atoms with E-state index < -0.39 is 0 Å². The molecule has 0 radical (unpaired) electrons. The molecule has 0 spiro atoms. The zero-order valence-corrected chi connectivity index (χ0v) is 15.5. The molecular formula is C18H11Cl3N4O. The Kier molecular flexibility index (Phi) is 4.44. The fourth-order valence-electron chi connectivity index (χ4n) is 2.71. The van der Waals surface area contributed by atoms with E-state index in [0.29, 0.717) is 44.0 Å². The van der Waals surface area contributed by atoms with Gasteiger partial charge in [-0.05, 0) is 35.9 Å². The van der Waals surface area contributed by atoms with Gasteiger partial charge in [0.1, 0.15) is 11.2 Å². The molecule has 5 nitrogen and oxygen atoms in total. The normalized spacial score (nSPS) is 11.2. The Hall–Kier alpha value is -2.34. The minimum Gasteiger partial charge on any atom is -0.310 e. The average molecular weight is 406 g/mol. The van der Waals surface area contributed by atoms with E-state index in [1.54, 1.807) is 24.3 Å². The topological polar surface area (TPSA) is 63.6 Å². The summed E-state index contributed by atoms with van der Waals surface area (Å²) in [6.45, 7) is 0. The fourth-order valence-corrected chi connectivity index (χ4v) is 3.29. The number of rotatable bonds is 3. The first-order valence-corrected chi connectivity index (χ1v) is 8.81. The van der Waals surface area contributed by atoms with Crippen molar-refractivity contribution in [1.29, 1.82) is 0 Å². The third-order valence-electron chi connectivity index (χ3n) is 3.88. The third kappa shape index (κ3) is 3.21. The molecule has 0 aliphatic heterocycles. The molecule has 0 saturated carbocycles. The maximum absolute atomic E-state index is 12.4. The number of hydrogen-bond acceptors (Lipinski definition) is 3. The molecule has 0 bridgehead atoms. The summed E-state index contributed by atoms with van der Waals surface area (Å²) >= 11 is 18.4. The predicted octanol–water partition coefficient (Wildman–Crippen LogP) is 4.66.